The molecule has 0 unspecified atom stereocenters. The number of benzene rings is 2. The standard InChI is InChI=1S/C22H18N2O2S2/c1-12-14(3)27-22(19(12)21-23-17-6-4-5-7-18(17)28-21)24-20(26)16-10-8-15(9-11-16)13(2)25/h4-11H,1-3H3,(H,24,26). The zero-order chi connectivity index (χ0) is 19.8. The van der Waals surface area contributed by atoms with Crippen molar-refractivity contribution in [2.45, 2.75) is 20.8 Å². The summed E-state index contributed by atoms with van der Waals surface area (Å²) in [5.41, 5.74) is 4.19. The Morgan fingerprint density at radius 1 is 0.929 bits per heavy atom. The summed E-state index contributed by atoms with van der Waals surface area (Å²) in [7, 11) is 0. The number of nitrogens with one attached hydrogen (secondary N) is 1. The third-order valence-electron chi connectivity index (χ3n) is 4.67. The largest absolute Gasteiger partial charge is 0.313 e. The SMILES string of the molecule is CC(=O)c1ccc(C(=O)Nc2sc(C)c(C)c2-c2nc3ccccc3s2)cc1. The van der Waals surface area contributed by atoms with Crippen molar-refractivity contribution in [3.8, 4) is 10.6 Å². The molecule has 140 valence electrons. The number of aryl methyl sites for hydroxylation is 1. The minimum atomic E-state index is -0.196. The smallest absolute Gasteiger partial charge is 0.256 e. The Morgan fingerprint density at radius 3 is 2.29 bits per heavy atom. The van der Waals surface area contributed by atoms with Crippen molar-refractivity contribution in [3.05, 3.63) is 70.1 Å². The first-order chi connectivity index (χ1) is 13.4. The fourth-order valence-corrected chi connectivity index (χ4v) is 5.18. The molecule has 0 aliphatic heterocycles. The second kappa shape index (κ2) is 7.30. The average molecular weight is 407 g/mol. The van der Waals surface area contributed by atoms with E-state index < -0.39 is 0 Å². The van der Waals surface area contributed by atoms with Crippen molar-refractivity contribution in [2.24, 2.45) is 0 Å². The van der Waals surface area contributed by atoms with Crippen LogP contribution in [0.5, 0.6) is 0 Å². The van der Waals surface area contributed by atoms with Crippen molar-refractivity contribution in [1.29, 1.82) is 0 Å². The molecule has 0 saturated heterocycles. The molecule has 0 radical (unpaired) electrons. The van der Waals surface area contributed by atoms with Gasteiger partial charge in [-0.25, -0.2) is 4.98 Å². The highest BCUT2D eigenvalue weighted by Gasteiger charge is 2.20. The molecule has 4 nitrogen and oxygen atoms in total. The average Bonchev–Trinajstić information content (AvgIpc) is 3.22. The normalized spacial score (nSPS) is 11.0. The molecular formula is C22H18N2O2S2. The zero-order valence-electron chi connectivity index (χ0n) is 15.7. The monoisotopic (exact) mass is 406 g/mol. The first-order valence-electron chi connectivity index (χ1n) is 8.82. The lowest BCUT2D eigenvalue weighted by Crippen LogP contribution is -2.11. The van der Waals surface area contributed by atoms with Gasteiger partial charge in [0.05, 0.1) is 10.2 Å². The number of aromatic nitrogens is 1. The van der Waals surface area contributed by atoms with Gasteiger partial charge in [0.25, 0.3) is 5.91 Å². The second-order valence-electron chi connectivity index (χ2n) is 6.56. The van der Waals surface area contributed by atoms with Gasteiger partial charge in [-0.2, -0.15) is 0 Å². The molecule has 2 aromatic heterocycles. The minimum Gasteiger partial charge on any atom is -0.313 e. The number of carbonyl (C=O) groups excluding carboxylic acids is 2. The highest BCUT2D eigenvalue weighted by atomic mass is 32.1. The van der Waals surface area contributed by atoms with Crippen molar-refractivity contribution in [2.75, 3.05) is 5.32 Å². The van der Waals surface area contributed by atoms with Crippen LogP contribution in [-0.2, 0) is 0 Å². The van der Waals surface area contributed by atoms with Crippen LogP contribution in [0, 0.1) is 13.8 Å². The number of hydrogen-bond acceptors (Lipinski definition) is 5. The summed E-state index contributed by atoms with van der Waals surface area (Å²) < 4.78 is 1.12. The molecule has 0 aliphatic rings. The van der Waals surface area contributed by atoms with E-state index in [0.717, 1.165) is 36.2 Å². The summed E-state index contributed by atoms with van der Waals surface area (Å²) in [6, 6.07) is 14.7. The van der Waals surface area contributed by atoms with E-state index in [1.807, 2.05) is 25.1 Å². The maximum absolute atomic E-state index is 12.8. The predicted molar refractivity (Wildman–Crippen MR) is 117 cm³/mol. The van der Waals surface area contributed by atoms with E-state index in [1.165, 1.54) is 6.92 Å². The Hall–Kier alpha value is -2.83. The molecule has 1 N–H and O–H groups in total. The lowest BCUT2D eigenvalue weighted by Gasteiger charge is -2.06. The van der Waals surface area contributed by atoms with Crippen LogP contribution in [0.2, 0.25) is 0 Å². The Kier molecular flexibility index (Phi) is 4.83. The molecule has 6 heteroatoms. The maximum atomic E-state index is 12.8. The topological polar surface area (TPSA) is 59.1 Å². The first kappa shape index (κ1) is 18.5. The molecule has 0 fully saturated rings. The van der Waals surface area contributed by atoms with Gasteiger partial charge < -0.3 is 5.32 Å². The summed E-state index contributed by atoms with van der Waals surface area (Å²) in [6.45, 7) is 5.62. The van der Waals surface area contributed by atoms with Gasteiger partial charge in [0.2, 0.25) is 0 Å². The van der Waals surface area contributed by atoms with E-state index in [1.54, 1.807) is 46.9 Å². The van der Waals surface area contributed by atoms with Crippen LogP contribution < -0.4 is 5.32 Å². The zero-order valence-corrected chi connectivity index (χ0v) is 17.3. The number of thiophene rings is 1. The van der Waals surface area contributed by atoms with Crippen LogP contribution in [-0.4, -0.2) is 16.7 Å². The fourth-order valence-electron chi connectivity index (χ4n) is 2.98. The number of anilines is 1. The Balaban J connectivity index is 1.69. The van der Waals surface area contributed by atoms with Crippen LogP contribution in [0.25, 0.3) is 20.8 Å². The number of nitrogens with zero attached hydrogens (tertiary/aromatic N) is 1. The summed E-state index contributed by atoms with van der Waals surface area (Å²) >= 11 is 3.18. The van der Waals surface area contributed by atoms with Gasteiger partial charge in [0.15, 0.2) is 5.78 Å². The van der Waals surface area contributed by atoms with Crippen LogP contribution >= 0.6 is 22.7 Å². The van der Waals surface area contributed by atoms with E-state index >= 15 is 0 Å². The highest BCUT2D eigenvalue weighted by molar-refractivity contribution is 7.22. The Labute approximate surface area is 170 Å². The molecule has 0 bridgehead atoms. The third-order valence-corrected chi connectivity index (χ3v) is 6.85. The van der Waals surface area contributed by atoms with Gasteiger partial charge in [-0.1, -0.05) is 24.3 Å². The third kappa shape index (κ3) is 3.37. The number of rotatable bonds is 4. The lowest BCUT2D eigenvalue weighted by atomic mass is 10.1. The molecule has 4 aromatic rings. The van der Waals surface area contributed by atoms with Crippen molar-refractivity contribution in [3.63, 3.8) is 0 Å². The van der Waals surface area contributed by atoms with Gasteiger partial charge in [-0.05, 0) is 50.6 Å². The van der Waals surface area contributed by atoms with Gasteiger partial charge >= 0.3 is 0 Å². The molecule has 0 atom stereocenters. The van der Waals surface area contributed by atoms with Crippen LogP contribution in [0.4, 0.5) is 5.00 Å². The van der Waals surface area contributed by atoms with E-state index in [0.29, 0.717) is 11.1 Å². The summed E-state index contributed by atoms with van der Waals surface area (Å²) in [5.74, 6) is -0.215. The molecule has 2 aromatic carbocycles. The molecule has 2 heterocycles. The van der Waals surface area contributed by atoms with E-state index in [-0.39, 0.29) is 11.7 Å². The second-order valence-corrected chi connectivity index (χ2v) is 8.82. The van der Waals surface area contributed by atoms with Gasteiger partial charge in [0, 0.05) is 21.6 Å². The highest BCUT2D eigenvalue weighted by Crippen LogP contribution is 2.43. The summed E-state index contributed by atoms with van der Waals surface area (Å²) in [4.78, 5) is 30.1. The quantitative estimate of drug-likeness (QED) is 0.417. The molecule has 4 rings (SSSR count). The molecule has 0 aliphatic carbocycles. The predicted octanol–water partition coefficient (Wildman–Crippen LogP) is 6.10. The number of amides is 1. The molecule has 0 saturated carbocycles. The number of fused-ring (bicyclic) bond motifs is 1. The minimum absolute atomic E-state index is 0.0189. The Morgan fingerprint density at radius 2 is 1.61 bits per heavy atom. The first-order valence-corrected chi connectivity index (χ1v) is 10.5. The molecule has 1 amide bonds. The maximum Gasteiger partial charge on any atom is 0.256 e. The van der Waals surface area contributed by atoms with Crippen molar-refractivity contribution in [1.82, 2.24) is 4.98 Å². The number of thiazole rings is 1. The van der Waals surface area contributed by atoms with E-state index in [4.69, 9.17) is 4.98 Å². The number of hydrogen-bond donors (Lipinski definition) is 1. The summed E-state index contributed by atoms with van der Waals surface area (Å²) in [6.07, 6.45) is 0. The Bertz CT molecular complexity index is 1170. The number of carbonyl (C=O) groups is 2. The number of Topliss-reactive ketones (excluding diaryl/α,β-unsaturated/α-hetero) is 1. The summed E-state index contributed by atoms with van der Waals surface area (Å²) in [5, 5.41) is 4.75. The van der Waals surface area contributed by atoms with Gasteiger partial charge in [-0.15, -0.1) is 22.7 Å². The van der Waals surface area contributed by atoms with Crippen LogP contribution in [0.3, 0.4) is 0 Å². The number of ketones is 1. The number of para-hydroxylation sites is 1. The van der Waals surface area contributed by atoms with Crippen molar-refractivity contribution >= 4 is 49.6 Å². The van der Waals surface area contributed by atoms with Gasteiger partial charge in [-0.3, -0.25) is 9.59 Å². The van der Waals surface area contributed by atoms with Crippen molar-refractivity contribution < 1.29 is 9.59 Å². The molecule has 0 spiro atoms. The van der Waals surface area contributed by atoms with Crippen LogP contribution in [0.1, 0.15) is 38.1 Å². The fraction of sp³-hybridized carbons (Fsp3) is 0.136. The van der Waals surface area contributed by atoms with E-state index in [2.05, 4.69) is 18.3 Å². The van der Waals surface area contributed by atoms with E-state index in [9.17, 15) is 9.59 Å². The lowest BCUT2D eigenvalue weighted by molar-refractivity contribution is 0.101. The molecule has 28 heavy (non-hydrogen) atoms. The van der Waals surface area contributed by atoms with Crippen LogP contribution in [0.15, 0.2) is 48.5 Å². The molecular weight excluding hydrogens is 388 g/mol. The van der Waals surface area contributed by atoms with Gasteiger partial charge in [0.1, 0.15) is 10.0 Å².